The molecule has 164 valence electrons. The Morgan fingerprint density at radius 3 is 2.29 bits per heavy atom. The lowest BCUT2D eigenvalue weighted by molar-refractivity contribution is -0.0586. The molecular weight excluding hydrogens is 396 g/mol. The topological polar surface area (TPSA) is 77.1 Å². The third-order valence-corrected chi connectivity index (χ3v) is 5.37. The van der Waals surface area contributed by atoms with Crippen molar-refractivity contribution < 1.29 is 23.8 Å². The maximum Gasteiger partial charge on any atom is 0.254 e. The molecule has 31 heavy (non-hydrogen) atoms. The fraction of sp³-hybridized carbons (Fsp3) is 0.417. The van der Waals surface area contributed by atoms with Gasteiger partial charge in [-0.25, -0.2) is 0 Å². The Kier molecular flexibility index (Phi) is 6.42. The second-order valence-electron chi connectivity index (χ2n) is 8.06. The van der Waals surface area contributed by atoms with Gasteiger partial charge in [-0.15, -0.1) is 0 Å². The highest BCUT2D eigenvalue weighted by molar-refractivity contribution is 5.95. The molecule has 0 aromatic heterocycles. The largest absolute Gasteiger partial charge is 0.490 e. The summed E-state index contributed by atoms with van der Waals surface area (Å²) in [5.74, 6) is 1.08. The van der Waals surface area contributed by atoms with Crippen molar-refractivity contribution in [2.24, 2.45) is 0 Å². The van der Waals surface area contributed by atoms with Gasteiger partial charge in [-0.2, -0.15) is 0 Å². The number of carbonyl (C=O) groups excluding carboxylic acids is 2. The van der Waals surface area contributed by atoms with Gasteiger partial charge in [-0.3, -0.25) is 9.59 Å². The standard InChI is InChI=1S/C24H28N2O5/c1-16-14-26(15-17(2)31-16)24(28)19-6-4-18(5-7-19)13-25-23(27)20-8-9-21-22(12-20)30-11-3-10-29-21/h4-9,12,16-17H,3,10-11,13-15H2,1-2H3,(H,25,27). The van der Waals surface area contributed by atoms with Crippen molar-refractivity contribution in [3.05, 3.63) is 59.2 Å². The molecule has 7 heteroatoms. The van der Waals surface area contributed by atoms with Crippen molar-refractivity contribution in [1.82, 2.24) is 10.2 Å². The number of rotatable bonds is 4. The summed E-state index contributed by atoms with van der Waals surface area (Å²) in [5, 5.41) is 2.91. The lowest BCUT2D eigenvalue weighted by Gasteiger charge is -2.35. The summed E-state index contributed by atoms with van der Waals surface area (Å²) in [7, 11) is 0. The SMILES string of the molecule is CC1CN(C(=O)c2ccc(CNC(=O)c3ccc4c(c3)OCCCO4)cc2)CC(C)O1. The predicted molar refractivity (Wildman–Crippen MR) is 116 cm³/mol. The Morgan fingerprint density at radius 2 is 1.58 bits per heavy atom. The molecule has 2 amide bonds. The van der Waals surface area contributed by atoms with Crippen LogP contribution in [0.15, 0.2) is 42.5 Å². The second kappa shape index (κ2) is 9.39. The first kappa shape index (κ1) is 21.2. The highest BCUT2D eigenvalue weighted by Crippen LogP contribution is 2.30. The molecule has 2 aliphatic rings. The Bertz CT molecular complexity index is 933. The summed E-state index contributed by atoms with van der Waals surface area (Å²) in [6, 6.07) is 12.6. The van der Waals surface area contributed by atoms with Crippen LogP contribution >= 0.6 is 0 Å². The smallest absolute Gasteiger partial charge is 0.254 e. The molecule has 0 saturated carbocycles. The third kappa shape index (κ3) is 5.17. The van der Waals surface area contributed by atoms with Crippen LogP contribution < -0.4 is 14.8 Å². The highest BCUT2D eigenvalue weighted by Gasteiger charge is 2.26. The number of nitrogens with one attached hydrogen (secondary N) is 1. The summed E-state index contributed by atoms with van der Waals surface area (Å²) in [6.07, 6.45) is 0.886. The average molecular weight is 424 g/mol. The van der Waals surface area contributed by atoms with E-state index in [-0.39, 0.29) is 24.0 Å². The Hall–Kier alpha value is -3.06. The normalized spacial score (nSPS) is 20.6. The van der Waals surface area contributed by atoms with E-state index in [1.54, 1.807) is 18.2 Å². The zero-order chi connectivity index (χ0) is 21.8. The number of fused-ring (bicyclic) bond motifs is 1. The molecule has 7 nitrogen and oxygen atoms in total. The number of amides is 2. The maximum atomic E-state index is 12.8. The fourth-order valence-corrected chi connectivity index (χ4v) is 3.88. The molecular formula is C24H28N2O5. The number of hydrogen-bond donors (Lipinski definition) is 1. The van der Waals surface area contributed by atoms with Gasteiger partial charge in [0.05, 0.1) is 25.4 Å². The molecule has 1 fully saturated rings. The monoisotopic (exact) mass is 424 g/mol. The minimum absolute atomic E-state index is 0.00443. The first-order valence-electron chi connectivity index (χ1n) is 10.7. The molecule has 2 aromatic rings. The van der Waals surface area contributed by atoms with Crippen LogP contribution in [0.25, 0.3) is 0 Å². The van der Waals surface area contributed by atoms with Crippen LogP contribution in [-0.4, -0.2) is 55.2 Å². The van der Waals surface area contributed by atoms with E-state index in [4.69, 9.17) is 14.2 Å². The van der Waals surface area contributed by atoms with Crippen molar-refractivity contribution in [2.75, 3.05) is 26.3 Å². The minimum Gasteiger partial charge on any atom is -0.490 e. The number of benzene rings is 2. The van der Waals surface area contributed by atoms with Gasteiger partial charge in [-0.05, 0) is 49.7 Å². The fourth-order valence-electron chi connectivity index (χ4n) is 3.88. The van der Waals surface area contributed by atoms with Gasteiger partial charge in [-0.1, -0.05) is 12.1 Å². The van der Waals surface area contributed by atoms with E-state index in [1.807, 2.05) is 43.0 Å². The number of morpholine rings is 1. The van der Waals surface area contributed by atoms with Gasteiger partial charge in [0.1, 0.15) is 0 Å². The molecule has 2 aromatic carbocycles. The van der Waals surface area contributed by atoms with Gasteiger partial charge >= 0.3 is 0 Å². The maximum absolute atomic E-state index is 12.8. The minimum atomic E-state index is -0.188. The molecule has 0 radical (unpaired) electrons. The molecule has 2 atom stereocenters. The zero-order valence-corrected chi connectivity index (χ0v) is 17.9. The average Bonchev–Trinajstić information content (AvgIpc) is 3.01. The molecule has 2 unspecified atom stereocenters. The molecule has 1 N–H and O–H groups in total. The third-order valence-electron chi connectivity index (χ3n) is 5.37. The van der Waals surface area contributed by atoms with Crippen LogP contribution in [0.5, 0.6) is 11.5 Å². The number of carbonyl (C=O) groups is 2. The van der Waals surface area contributed by atoms with Crippen LogP contribution in [0.3, 0.4) is 0 Å². The molecule has 1 saturated heterocycles. The van der Waals surface area contributed by atoms with Crippen LogP contribution in [0.1, 0.15) is 46.5 Å². The van der Waals surface area contributed by atoms with Crippen molar-refractivity contribution in [3.8, 4) is 11.5 Å². The number of nitrogens with zero attached hydrogens (tertiary/aromatic N) is 1. The van der Waals surface area contributed by atoms with E-state index in [2.05, 4.69) is 5.32 Å². The van der Waals surface area contributed by atoms with Crippen molar-refractivity contribution in [1.29, 1.82) is 0 Å². The molecule has 2 aliphatic heterocycles. The van der Waals surface area contributed by atoms with Crippen LogP contribution in [-0.2, 0) is 11.3 Å². The summed E-state index contributed by atoms with van der Waals surface area (Å²) in [6.45, 7) is 6.70. The molecule has 4 rings (SSSR count). The van der Waals surface area contributed by atoms with Crippen LogP contribution in [0.2, 0.25) is 0 Å². The van der Waals surface area contributed by atoms with Crippen LogP contribution in [0.4, 0.5) is 0 Å². The van der Waals surface area contributed by atoms with Gasteiger partial charge in [0.2, 0.25) is 0 Å². The first-order chi connectivity index (χ1) is 15.0. The van der Waals surface area contributed by atoms with E-state index < -0.39 is 0 Å². The van der Waals surface area contributed by atoms with Gasteiger partial charge in [0.15, 0.2) is 11.5 Å². The number of hydrogen-bond acceptors (Lipinski definition) is 5. The van der Waals surface area contributed by atoms with Gasteiger partial charge in [0.25, 0.3) is 11.8 Å². The summed E-state index contributed by atoms with van der Waals surface area (Å²) >= 11 is 0. The molecule has 0 aliphatic carbocycles. The Balaban J connectivity index is 1.34. The summed E-state index contributed by atoms with van der Waals surface area (Å²) < 4.78 is 17.0. The summed E-state index contributed by atoms with van der Waals surface area (Å²) in [4.78, 5) is 27.2. The van der Waals surface area contributed by atoms with E-state index in [0.29, 0.717) is 55.5 Å². The van der Waals surface area contributed by atoms with E-state index >= 15 is 0 Å². The quantitative estimate of drug-likeness (QED) is 0.817. The summed E-state index contributed by atoms with van der Waals surface area (Å²) in [5.41, 5.74) is 2.08. The number of ether oxygens (including phenoxy) is 3. The van der Waals surface area contributed by atoms with Crippen molar-refractivity contribution in [2.45, 2.75) is 39.0 Å². The molecule has 2 heterocycles. The highest BCUT2D eigenvalue weighted by atomic mass is 16.5. The van der Waals surface area contributed by atoms with E-state index in [9.17, 15) is 9.59 Å². The Morgan fingerprint density at radius 1 is 0.935 bits per heavy atom. The van der Waals surface area contributed by atoms with Gasteiger partial charge in [0, 0.05) is 37.2 Å². The van der Waals surface area contributed by atoms with E-state index in [1.165, 1.54) is 0 Å². The first-order valence-corrected chi connectivity index (χ1v) is 10.7. The van der Waals surface area contributed by atoms with Gasteiger partial charge < -0.3 is 24.4 Å². The predicted octanol–water partition coefficient (Wildman–Crippen LogP) is 3.03. The second-order valence-corrected chi connectivity index (χ2v) is 8.06. The van der Waals surface area contributed by atoms with Crippen molar-refractivity contribution >= 4 is 11.8 Å². The lowest BCUT2D eigenvalue weighted by atomic mass is 10.1. The lowest BCUT2D eigenvalue weighted by Crippen LogP contribution is -2.48. The van der Waals surface area contributed by atoms with Crippen molar-refractivity contribution in [3.63, 3.8) is 0 Å². The Labute approximate surface area is 182 Å². The molecule has 0 spiro atoms. The zero-order valence-electron chi connectivity index (χ0n) is 17.9. The van der Waals surface area contributed by atoms with E-state index in [0.717, 1.165) is 12.0 Å². The van der Waals surface area contributed by atoms with Crippen LogP contribution in [0, 0.1) is 0 Å². The molecule has 0 bridgehead atoms.